The summed E-state index contributed by atoms with van der Waals surface area (Å²) in [4.78, 5) is 14.0. The number of rotatable bonds is 14. The number of aliphatic hydroxyl groups is 1. The van der Waals surface area contributed by atoms with Gasteiger partial charge in [-0.15, -0.1) is 0 Å². The van der Waals surface area contributed by atoms with Crippen molar-refractivity contribution in [3.8, 4) is 5.75 Å². The molecule has 1 heterocycles. The monoisotopic (exact) mass is 462 g/mol. The molecule has 0 fully saturated rings. The lowest BCUT2D eigenvalue weighted by Gasteiger charge is -2.13. The molecule has 2 aromatic carbocycles. The number of phenols is 1. The summed E-state index contributed by atoms with van der Waals surface area (Å²) in [5.41, 5.74) is 2.37. The summed E-state index contributed by atoms with van der Waals surface area (Å²) in [6.45, 7) is 2.80. The van der Waals surface area contributed by atoms with Crippen LogP contribution in [0, 0.1) is 0 Å². The quantitative estimate of drug-likeness (QED) is 0.273. The molecule has 0 aliphatic heterocycles. The lowest BCUT2D eigenvalue weighted by Crippen LogP contribution is -2.23. The summed E-state index contributed by atoms with van der Waals surface area (Å²) in [5.74, 6) is 2.18. The zero-order chi connectivity index (χ0) is 21.9. The third-order valence-corrected chi connectivity index (χ3v) is 6.97. The van der Waals surface area contributed by atoms with Crippen LogP contribution in [0.4, 0.5) is 0 Å². The molecule has 4 N–H and O–H groups in total. The molecule has 8 heteroatoms. The molecular formula is C23H30N2O4S2. The van der Waals surface area contributed by atoms with Gasteiger partial charge >= 0.3 is 4.87 Å². The molecule has 1 atom stereocenters. The van der Waals surface area contributed by atoms with E-state index < -0.39 is 6.10 Å². The maximum atomic E-state index is 11.6. The lowest BCUT2D eigenvalue weighted by atomic mass is 10.1. The number of phenolic OH excluding ortho intramolecular Hbond substituents is 1. The average molecular weight is 463 g/mol. The van der Waals surface area contributed by atoms with Crippen molar-refractivity contribution in [3.63, 3.8) is 0 Å². The number of H-pyrrole nitrogens is 1. The Balaban J connectivity index is 1.20. The Hall–Kier alpha value is -1.84. The summed E-state index contributed by atoms with van der Waals surface area (Å²) in [6, 6.07) is 13.6. The molecule has 0 radical (unpaired) electrons. The van der Waals surface area contributed by atoms with Gasteiger partial charge in [-0.1, -0.05) is 47.7 Å². The van der Waals surface area contributed by atoms with E-state index in [0.717, 1.165) is 61.9 Å². The van der Waals surface area contributed by atoms with Crippen molar-refractivity contribution in [1.82, 2.24) is 10.3 Å². The van der Waals surface area contributed by atoms with Gasteiger partial charge in [-0.25, -0.2) is 0 Å². The summed E-state index contributed by atoms with van der Waals surface area (Å²) in [7, 11) is 0. The van der Waals surface area contributed by atoms with Crippen molar-refractivity contribution in [1.29, 1.82) is 0 Å². The van der Waals surface area contributed by atoms with Gasteiger partial charge in [0.05, 0.1) is 17.4 Å². The number of aromatic amines is 1. The van der Waals surface area contributed by atoms with E-state index >= 15 is 0 Å². The average Bonchev–Trinajstić information content (AvgIpc) is 3.17. The Labute approximate surface area is 190 Å². The molecule has 0 aliphatic carbocycles. The van der Waals surface area contributed by atoms with Crippen molar-refractivity contribution in [2.75, 3.05) is 37.8 Å². The summed E-state index contributed by atoms with van der Waals surface area (Å²) in [6.07, 6.45) is 2.32. The number of ether oxygens (including phenoxy) is 1. The molecule has 0 saturated heterocycles. The van der Waals surface area contributed by atoms with Crippen LogP contribution in [0.5, 0.6) is 5.75 Å². The highest BCUT2D eigenvalue weighted by Gasteiger charge is 2.15. The number of benzene rings is 2. The number of aliphatic hydroxyl groups excluding tert-OH is 1. The van der Waals surface area contributed by atoms with Crippen LogP contribution in [0.25, 0.3) is 10.2 Å². The number of fused-ring (bicyclic) bond motifs is 1. The fraction of sp³-hybridized carbons (Fsp3) is 0.435. The van der Waals surface area contributed by atoms with Crippen LogP contribution in [0.15, 0.2) is 47.3 Å². The van der Waals surface area contributed by atoms with Gasteiger partial charge in [0.1, 0.15) is 11.3 Å². The molecule has 168 valence electrons. The lowest BCUT2D eigenvalue weighted by molar-refractivity contribution is 0.138. The minimum Gasteiger partial charge on any atom is -0.506 e. The van der Waals surface area contributed by atoms with Crippen LogP contribution >= 0.6 is 23.1 Å². The largest absolute Gasteiger partial charge is 0.506 e. The minimum atomic E-state index is -0.727. The first kappa shape index (κ1) is 23.8. The Bertz CT molecular complexity index is 975. The minimum absolute atomic E-state index is 0.0240. The standard InChI is InChI=1S/C23H30N2O4S2/c26-19-9-8-18(22-21(19)25-23(28)31-22)20(27)16-24-11-4-14-30-15-5-12-29-13-10-17-6-2-1-3-7-17/h1-3,6-9,20,24,26-27H,4-5,10-16H2,(H,25,28)/t20-/m0/s1. The van der Waals surface area contributed by atoms with Gasteiger partial charge in [-0.3, -0.25) is 4.79 Å². The Morgan fingerprint density at radius 1 is 1.10 bits per heavy atom. The molecule has 3 rings (SSSR count). The molecule has 0 saturated carbocycles. The van der Waals surface area contributed by atoms with Crippen LogP contribution in [0.1, 0.15) is 30.1 Å². The van der Waals surface area contributed by atoms with Crippen molar-refractivity contribution < 1.29 is 14.9 Å². The molecule has 1 aromatic heterocycles. The van der Waals surface area contributed by atoms with Crippen molar-refractivity contribution >= 4 is 33.3 Å². The Kier molecular flexibility index (Phi) is 9.89. The second kappa shape index (κ2) is 12.9. The van der Waals surface area contributed by atoms with E-state index in [2.05, 4.69) is 34.6 Å². The Morgan fingerprint density at radius 3 is 2.74 bits per heavy atom. The number of hydrogen-bond acceptors (Lipinski definition) is 7. The molecule has 31 heavy (non-hydrogen) atoms. The van der Waals surface area contributed by atoms with Crippen LogP contribution in [0.2, 0.25) is 0 Å². The van der Waals surface area contributed by atoms with Gasteiger partial charge in [-0.05, 0) is 48.9 Å². The molecule has 0 amide bonds. The molecule has 0 bridgehead atoms. The maximum Gasteiger partial charge on any atom is 0.305 e. The van der Waals surface area contributed by atoms with E-state index in [9.17, 15) is 15.0 Å². The highest BCUT2D eigenvalue weighted by Crippen LogP contribution is 2.31. The normalized spacial score (nSPS) is 12.4. The van der Waals surface area contributed by atoms with Crippen molar-refractivity contribution in [3.05, 3.63) is 63.3 Å². The first-order valence-corrected chi connectivity index (χ1v) is 12.5. The molecule has 0 aliphatic rings. The number of aromatic nitrogens is 1. The van der Waals surface area contributed by atoms with Crippen LogP contribution < -0.4 is 10.2 Å². The SMILES string of the molecule is O=c1[nH]c2c(O)ccc([C@@H](O)CNCCCSCCCOCCc3ccccc3)c2s1. The van der Waals surface area contributed by atoms with E-state index in [1.807, 2.05) is 17.8 Å². The predicted octanol–water partition coefficient (Wildman–Crippen LogP) is 3.69. The smallest absolute Gasteiger partial charge is 0.305 e. The maximum absolute atomic E-state index is 11.6. The van der Waals surface area contributed by atoms with Gasteiger partial charge in [-0.2, -0.15) is 11.8 Å². The third-order valence-electron chi connectivity index (χ3n) is 4.88. The number of thiazole rings is 1. The molecule has 0 unspecified atom stereocenters. The summed E-state index contributed by atoms with van der Waals surface area (Å²) >= 11 is 2.93. The number of nitrogens with one attached hydrogen (secondary N) is 2. The topological polar surface area (TPSA) is 94.6 Å². The zero-order valence-corrected chi connectivity index (χ0v) is 19.1. The summed E-state index contributed by atoms with van der Waals surface area (Å²) in [5, 5.41) is 23.6. The van der Waals surface area contributed by atoms with E-state index in [-0.39, 0.29) is 10.6 Å². The van der Waals surface area contributed by atoms with Crippen LogP contribution in [0.3, 0.4) is 0 Å². The number of thioether (sulfide) groups is 1. The molecular weight excluding hydrogens is 432 g/mol. The van der Waals surface area contributed by atoms with Gasteiger partial charge in [0, 0.05) is 18.7 Å². The second-order valence-corrected chi connectivity index (χ2v) is 9.49. The first-order valence-electron chi connectivity index (χ1n) is 10.6. The van der Waals surface area contributed by atoms with E-state index in [4.69, 9.17) is 4.74 Å². The van der Waals surface area contributed by atoms with Crippen molar-refractivity contribution in [2.45, 2.75) is 25.4 Å². The fourth-order valence-corrected chi connectivity index (χ4v) is 5.04. The fourth-order valence-electron chi connectivity index (χ4n) is 3.25. The van der Waals surface area contributed by atoms with Gasteiger partial charge in [0.25, 0.3) is 0 Å². The molecule has 3 aromatic rings. The zero-order valence-electron chi connectivity index (χ0n) is 17.5. The first-order chi connectivity index (χ1) is 15.1. The van der Waals surface area contributed by atoms with Gasteiger partial charge in [0.2, 0.25) is 0 Å². The van der Waals surface area contributed by atoms with E-state index in [1.165, 1.54) is 11.6 Å². The van der Waals surface area contributed by atoms with Crippen LogP contribution in [-0.4, -0.2) is 53.0 Å². The number of hydrogen-bond donors (Lipinski definition) is 4. The van der Waals surface area contributed by atoms with Crippen LogP contribution in [-0.2, 0) is 11.2 Å². The van der Waals surface area contributed by atoms with Gasteiger partial charge < -0.3 is 25.3 Å². The highest BCUT2D eigenvalue weighted by molar-refractivity contribution is 7.99. The molecule has 0 spiro atoms. The van der Waals surface area contributed by atoms with Gasteiger partial charge in [0.15, 0.2) is 0 Å². The number of aromatic hydroxyl groups is 1. The Morgan fingerprint density at radius 2 is 1.90 bits per heavy atom. The van der Waals surface area contributed by atoms with E-state index in [1.54, 1.807) is 6.07 Å². The van der Waals surface area contributed by atoms with Crippen molar-refractivity contribution in [2.24, 2.45) is 0 Å². The third kappa shape index (κ3) is 7.66. The highest BCUT2D eigenvalue weighted by atomic mass is 32.2. The predicted molar refractivity (Wildman–Crippen MR) is 129 cm³/mol. The second-order valence-electron chi connectivity index (χ2n) is 7.28. The van der Waals surface area contributed by atoms with E-state index in [0.29, 0.717) is 22.3 Å². The molecule has 6 nitrogen and oxygen atoms in total. The summed E-state index contributed by atoms with van der Waals surface area (Å²) < 4.78 is 6.31.